The number of aromatic nitrogens is 3. The summed E-state index contributed by atoms with van der Waals surface area (Å²) in [5, 5.41) is 7.47. The Bertz CT molecular complexity index is 1050. The van der Waals surface area contributed by atoms with Gasteiger partial charge in [0, 0.05) is 23.7 Å². The van der Waals surface area contributed by atoms with Gasteiger partial charge in [-0.1, -0.05) is 26.0 Å². The lowest BCUT2D eigenvalue weighted by Gasteiger charge is -2.18. The molecule has 1 N–H and O–H groups in total. The molecule has 1 amide bonds. The number of hydrogen-bond acceptors (Lipinski definition) is 8. The van der Waals surface area contributed by atoms with E-state index in [9.17, 15) is 9.59 Å². The Hall–Kier alpha value is -3.33. The van der Waals surface area contributed by atoms with Gasteiger partial charge in [-0.25, -0.2) is 0 Å². The first-order chi connectivity index (χ1) is 14.8. The predicted octanol–water partition coefficient (Wildman–Crippen LogP) is 2.59. The van der Waals surface area contributed by atoms with Crippen LogP contribution < -0.4 is 10.1 Å². The van der Waals surface area contributed by atoms with Crippen molar-refractivity contribution in [3.63, 3.8) is 0 Å². The molecule has 2 heterocycles. The normalized spacial score (nSPS) is 12.3. The van der Waals surface area contributed by atoms with E-state index in [1.807, 2.05) is 51.0 Å². The van der Waals surface area contributed by atoms with Gasteiger partial charge in [-0.3, -0.25) is 19.1 Å². The molecule has 0 saturated carbocycles. The molecular formula is C22H27N5O4. The van der Waals surface area contributed by atoms with Gasteiger partial charge in [0.25, 0.3) is 5.91 Å². The van der Waals surface area contributed by atoms with Crippen molar-refractivity contribution in [2.24, 2.45) is 5.92 Å². The highest BCUT2D eigenvalue weighted by Gasteiger charge is 2.28. The average Bonchev–Trinajstić information content (AvgIpc) is 3.20. The highest BCUT2D eigenvalue weighted by atomic mass is 16.6. The summed E-state index contributed by atoms with van der Waals surface area (Å²) in [5.41, 5.74) is 1.13. The average molecular weight is 425 g/mol. The van der Waals surface area contributed by atoms with Crippen molar-refractivity contribution in [1.82, 2.24) is 25.3 Å². The van der Waals surface area contributed by atoms with Crippen LogP contribution >= 0.6 is 0 Å². The van der Waals surface area contributed by atoms with Gasteiger partial charge < -0.3 is 15.0 Å². The second-order valence-electron chi connectivity index (χ2n) is 7.97. The van der Waals surface area contributed by atoms with E-state index in [4.69, 9.17) is 9.26 Å². The zero-order chi connectivity index (χ0) is 22.4. The summed E-state index contributed by atoms with van der Waals surface area (Å²) in [5.74, 6) is -0.745. The number of pyridine rings is 1. The largest absolute Gasteiger partial charge is 0.447 e. The first kappa shape index (κ1) is 22.4. The number of nitrogens with one attached hydrogen (secondary N) is 1. The number of carbonyl (C=O) groups excluding carboxylic acids is 2. The Balaban J connectivity index is 1.72. The number of fused-ring (bicyclic) bond motifs is 1. The second kappa shape index (κ2) is 10.1. The van der Waals surface area contributed by atoms with E-state index in [1.165, 1.54) is 0 Å². The van der Waals surface area contributed by atoms with Crippen LogP contribution in [0, 0.1) is 5.92 Å². The Morgan fingerprint density at radius 1 is 1.23 bits per heavy atom. The van der Waals surface area contributed by atoms with E-state index in [0.29, 0.717) is 30.7 Å². The smallest absolute Gasteiger partial charge is 0.417 e. The molecule has 0 saturated heterocycles. The van der Waals surface area contributed by atoms with Crippen molar-refractivity contribution in [1.29, 1.82) is 0 Å². The Morgan fingerprint density at radius 3 is 2.77 bits per heavy atom. The number of nitrogens with zero attached hydrogens (tertiary/aromatic N) is 4. The SMILES string of the molecule is CC(C)CC(NC(=O)c1ccc2cccnc2c1)C(=O)c1noc(OCCN(C)C)n1. The number of carbonyl (C=O) groups is 2. The Morgan fingerprint density at radius 2 is 2.03 bits per heavy atom. The fraction of sp³-hybridized carbons (Fsp3) is 0.409. The molecule has 1 unspecified atom stereocenters. The van der Waals surface area contributed by atoms with E-state index >= 15 is 0 Å². The van der Waals surface area contributed by atoms with Crippen LogP contribution in [0.15, 0.2) is 41.1 Å². The minimum Gasteiger partial charge on any atom is -0.447 e. The topological polar surface area (TPSA) is 110 Å². The van der Waals surface area contributed by atoms with Crippen LogP contribution in [0.1, 0.15) is 41.2 Å². The number of ketones is 1. The molecule has 0 aliphatic rings. The molecule has 2 aromatic heterocycles. The van der Waals surface area contributed by atoms with Crippen molar-refractivity contribution in [3.05, 3.63) is 47.9 Å². The lowest BCUT2D eigenvalue weighted by molar-refractivity contribution is 0.0838. The number of benzene rings is 1. The molecule has 3 rings (SSSR count). The number of ether oxygens (including phenoxy) is 1. The first-order valence-electron chi connectivity index (χ1n) is 10.1. The van der Waals surface area contributed by atoms with E-state index in [-0.39, 0.29) is 23.7 Å². The maximum absolute atomic E-state index is 13.0. The molecule has 164 valence electrons. The molecule has 0 fully saturated rings. The minimum atomic E-state index is -0.792. The highest BCUT2D eigenvalue weighted by molar-refractivity contribution is 6.03. The molecule has 31 heavy (non-hydrogen) atoms. The van der Waals surface area contributed by atoms with Crippen LogP contribution in [0.3, 0.4) is 0 Å². The molecule has 0 bridgehead atoms. The number of Topliss-reactive ketones (excluding diaryl/α,β-unsaturated/α-hetero) is 1. The molecule has 0 spiro atoms. The molecule has 1 atom stereocenters. The number of likely N-dealkylation sites (N-methyl/N-ethyl adjacent to an activating group) is 1. The van der Waals surface area contributed by atoms with Gasteiger partial charge in [0.15, 0.2) is 0 Å². The highest BCUT2D eigenvalue weighted by Crippen LogP contribution is 2.16. The van der Waals surface area contributed by atoms with Crippen LogP contribution in [-0.2, 0) is 0 Å². The lowest BCUT2D eigenvalue weighted by atomic mass is 9.99. The van der Waals surface area contributed by atoms with Crippen molar-refractivity contribution < 1.29 is 18.8 Å². The molecule has 9 heteroatoms. The molecule has 3 aromatic rings. The van der Waals surface area contributed by atoms with Crippen LogP contribution in [0.25, 0.3) is 10.9 Å². The van der Waals surface area contributed by atoms with Gasteiger partial charge in [0.05, 0.1) is 11.6 Å². The molecule has 1 aromatic carbocycles. The van der Waals surface area contributed by atoms with Gasteiger partial charge in [0.2, 0.25) is 11.6 Å². The van der Waals surface area contributed by atoms with Gasteiger partial charge in [0.1, 0.15) is 6.61 Å². The van der Waals surface area contributed by atoms with Gasteiger partial charge in [-0.15, -0.1) is 4.98 Å². The van der Waals surface area contributed by atoms with Crippen molar-refractivity contribution in [3.8, 4) is 6.08 Å². The third kappa shape index (κ3) is 6.08. The van der Waals surface area contributed by atoms with E-state index in [0.717, 1.165) is 5.39 Å². The Kier molecular flexibility index (Phi) is 7.30. The third-order valence-electron chi connectivity index (χ3n) is 4.59. The van der Waals surface area contributed by atoms with E-state index in [1.54, 1.807) is 18.3 Å². The van der Waals surface area contributed by atoms with Crippen molar-refractivity contribution in [2.75, 3.05) is 27.2 Å². The van der Waals surface area contributed by atoms with Crippen LogP contribution in [0.4, 0.5) is 0 Å². The predicted molar refractivity (Wildman–Crippen MR) is 115 cm³/mol. The molecule has 0 aliphatic carbocycles. The van der Waals surface area contributed by atoms with Crippen LogP contribution in [0.2, 0.25) is 0 Å². The van der Waals surface area contributed by atoms with E-state index < -0.39 is 11.8 Å². The van der Waals surface area contributed by atoms with Crippen LogP contribution in [-0.4, -0.2) is 65.0 Å². The quantitative estimate of drug-likeness (QED) is 0.494. The summed E-state index contributed by atoms with van der Waals surface area (Å²) in [6, 6.07) is 8.20. The summed E-state index contributed by atoms with van der Waals surface area (Å²) in [6.45, 7) is 4.96. The summed E-state index contributed by atoms with van der Waals surface area (Å²) in [7, 11) is 3.83. The number of amides is 1. The minimum absolute atomic E-state index is 0.0690. The van der Waals surface area contributed by atoms with Gasteiger partial charge in [-0.2, -0.15) is 0 Å². The first-order valence-corrected chi connectivity index (χ1v) is 10.1. The van der Waals surface area contributed by atoms with Gasteiger partial charge >= 0.3 is 6.08 Å². The molecule has 9 nitrogen and oxygen atoms in total. The zero-order valence-electron chi connectivity index (χ0n) is 18.2. The summed E-state index contributed by atoms with van der Waals surface area (Å²) in [6.07, 6.45) is 2.03. The summed E-state index contributed by atoms with van der Waals surface area (Å²) < 4.78 is 10.4. The maximum Gasteiger partial charge on any atom is 0.417 e. The lowest BCUT2D eigenvalue weighted by Crippen LogP contribution is -2.42. The summed E-state index contributed by atoms with van der Waals surface area (Å²) in [4.78, 5) is 36.1. The molecule has 0 radical (unpaired) electrons. The standard InChI is InChI=1S/C22H27N5O4/c1-14(2)12-18(19(28)20-25-22(31-26-20)30-11-10-27(3)4)24-21(29)16-8-7-15-6-5-9-23-17(15)13-16/h5-9,13-14,18H,10-12H2,1-4H3,(H,24,29). The van der Waals surface area contributed by atoms with Crippen molar-refractivity contribution >= 4 is 22.6 Å². The fourth-order valence-corrected chi connectivity index (χ4v) is 2.99. The van der Waals surface area contributed by atoms with Crippen molar-refractivity contribution in [2.45, 2.75) is 26.3 Å². The second-order valence-corrected chi connectivity index (χ2v) is 7.97. The monoisotopic (exact) mass is 425 g/mol. The zero-order valence-corrected chi connectivity index (χ0v) is 18.2. The molecule has 0 aliphatic heterocycles. The Labute approximate surface area is 180 Å². The van der Waals surface area contributed by atoms with Crippen LogP contribution in [0.5, 0.6) is 6.08 Å². The van der Waals surface area contributed by atoms with E-state index in [2.05, 4.69) is 20.4 Å². The van der Waals surface area contributed by atoms with Gasteiger partial charge in [-0.05, 0) is 49.8 Å². The fourth-order valence-electron chi connectivity index (χ4n) is 2.99. The maximum atomic E-state index is 13.0. The number of rotatable bonds is 10. The third-order valence-corrected chi connectivity index (χ3v) is 4.59. The number of hydrogen-bond donors (Lipinski definition) is 1. The molecular weight excluding hydrogens is 398 g/mol. The summed E-state index contributed by atoms with van der Waals surface area (Å²) >= 11 is 0.